The minimum atomic E-state index is -3.42. The molecular weight excluding hydrogens is 262 g/mol. The monoisotopic (exact) mass is 281 g/mol. The molecule has 2 unspecified atom stereocenters. The minimum absolute atomic E-state index is 0.142. The van der Waals surface area contributed by atoms with Crippen molar-refractivity contribution < 1.29 is 8.42 Å². The normalized spacial score (nSPS) is 30.2. The summed E-state index contributed by atoms with van der Waals surface area (Å²) in [6.45, 7) is 2.29. The lowest BCUT2D eigenvalue weighted by atomic mass is 9.94. The molecule has 2 bridgehead atoms. The molecule has 1 saturated heterocycles. The molecule has 1 fully saturated rings. The lowest BCUT2D eigenvalue weighted by Crippen LogP contribution is -2.52. The van der Waals surface area contributed by atoms with Gasteiger partial charge in [-0.2, -0.15) is 4.72 Å². The number of nitrogens with one attached hydrogen (secondary N) is 1. The molecule has 0 spiro atoms. The third kappa shape index (κ3) is 2.53. The first-order valence-corrected chi connectivity index (χ1v) is 8.12. The second-order valence-electron chi connectivity index (χ2n) is 5.38. The van der Waals surface area contributed by atoms with Crippen molar-refractivity contribution in [2.45, 2.75) is 30.4 Å². The average Bonchev–Trinajstić information content (AvgIpc) is 2.48. The maximum absolute atomic E-state index is 12.3. The van der Waals surface area contributed by atoms with E-state index in [1.165, 1.54) is 0 Å². The molecule has 3 heterocycles. The summed E-state index contributed by atoms with van der Waals surface area (Å²) in [5.41, 5.74) is 6.88. The molecule has 3 aliphatic heterocycles. The molecule has 1 aromatic rings. The highest BCUT2D eigenvalue weighted by Gasteiger charge is 2.32. The molecule has 3 aliphatic rings. The summed E-state index contributed by atoms with van der Waals surface area (Å²) in [4.78, 5) is 2.54. The Kier molecular flexibility index (Phi) is 3.34. The van der Waals surface area contributed by atoms with E-state index in [1.807, 2.05) is 12.1 Å². The Labute approximate surface area is 113 Å². The zero-order valence-electron chi connectivity index (χ0n) is 10.7. The molecule has 5 nitrogen and oxygen atoms in total. The lowest BCUT2D eigenvalue weighted by molar-refractivity contribution is 0.0995. The predicted octanol–water partition coefficient (Wildman–Crippen LogP) is 0.475. The second kappa shape index (κ2) is 4.86. The van der Waals surface area contributed by atoms with Gasteiger partial charge in [0, 0.05) is 13.1 Å². The molecule has 19 heavy (non-hydrogen) atoms. The van der Waals surface area contributed by atoms with Crippen LogP contribution in [0, 0.1) is 5.92 Å². The molecular formula is C13H19N3O2S. The average molecular weight is 281 g/mol. The number of rotatable bonds is 1. The van der Waals surface area contributed by atoms with E-state index in [0.717, 1.165) is 31.5 Å². The van der Waals surface area contributed by atoms with E-state index < -0.39 is 10.0 Å². The van der Waals surface area contributed by atoms with E-state index in [0.29, 0.717) is 17.4 Å². The van der Waals surface area contributed by atoms with Crippen molar-refractivity contribution >= 4 is 10.0 Å². The highest BCUT2D eigenvalue weighted by atomic mass is 32.2. The van der Waals surface area contributed by atoms with Crippen LogP contribution in [0.4, 0.5) is 0 Å². The molecule has 3 N–H and O–H groups in total. The molecule has 0 aromatic heterocycles. The second-order valence-corrected chi connectivity index (χ2v) is 7.09. The van der Waals surface area contributed by atoms with Crippen molar-refractivity contribution in [3.63, 3.8) is 0 Å². The van der Waals surface area contributed by atoms with Crippen LogP contribution >= 0.6 is 0 Å². The van der Waals surface area contributed by atoms with Gasteiger partial charge in [-0.1, -0.05) is 12.1 Å². The summed E-state index contributed by atoms with van der Waals surface area (Å²) in [5.74, 6) is 0.401. The van der Waals surface area contributed by atoms with Crippen LogP contribution in [0.5, 0.6) is 0 Å². The third-order valence-electron chi connectivity index (χ3n) is 4.07. The van der Waals surface area contributed by atoms with Gasteiger partial charge in [0.1, 0.15) is 0 Å². The summed E-state index contributed by atoms with van der Waals surface area (Å²) in [6, 6.07) is 7.14. The van der Waals surface area contributed by atoms with Gasteiger partial charge in [-0.3, -0.25) is 4.90 Å². The summed E-state index contributed by atoms with van der Waals surface area (Å²) < 4.78 is 27.4. The molecule has 0 aliphatic carbocycles. The number of benzene rings is 1. The van der Waals surface area contributed by atoms with Crippen molar-refractivity contribution in [1.29, 1.82) is 0 Å². The predicted molar refractivity (Wildman–Crippen MR) is 72.7 cm³/mol. The molecule has 1 aromatic carbocycles. The molecule has 0 amide bonds. The number of sulfonamides is 1. The van der Waals surface area contributed by atoms with E-state index in [9.17, 15) is 8.42 Å². The van der Waals surface area contributed by atoms with Crippen LogP contribution in [0.2, 0.25) is 0 Å². The van der Waals surface area contributed by atoms with Crippen LogP contribution in [0.25, 0.3) is 0 Å². The fraction of sp³-hybridized carbons (Fsp3) is 0.538. The maximum atomic E-state index is 12.3. The van der Waals surface area contributed by atoms with Crippen molar-refractivity contribution in [3.8, 4) is 0 Å². The van der Waals surface area contributed by atoms with Crippen LogP contribution in [0.3, 0.4) is 0 Å². The van der Waals surface area contributed by atoms with E-state index in [4.69, 9.17) is 5.73 Å². The Morgan fingerprint density at radius 1 is 1.32 bits per heavy atom. The minimum Gasteiger partial charge on any atom is -0.330 e. The molecule has 2 atom stereocenters. The summed E-state index contributed by atoms with van der Waals surface area (Å²) in [7, 11) is -3.42. The van der Waals surface area contributed by atoms with Crippen LogP contribution in [0.15, 0.2) is 29.2 Å². The highest BCUT2D eigenvalue weighted by molar-refractivity contribution is 7.89. The molecule has 0 radical (unpaired) electrons. The number of nitrogens with zero attached hydrogens (tertiary/aromatic N) is 1. The Hall–Kier alpha value is -0.950. The van der Waals surface area contributed by atoms with Crippen molar-refractivity contribution in [1.82, 2.24) is 9.62 Å². The van der Waals surface area contributed by atoms with Gasteiger partial charge < -0.3 is 5.73 Å². The van der Waals surface area contributed by atoms with E-state index >= 15 is 0 Å². The summed E-state index contributed by atoms with van der Waals surface area (Å²) in [6.07, 6.45) is 1.68. The Morgan fingerprint density at radius 2 is 2.05 bits per heavy atom. The zero-order valence-corrected chi connectivity index (χ0v) is 11.6. The first kappa shape index (κ1) is 13.1. The van der Waals surface area contributed by atoms with Gasteiger partial charge in [-0.05, 0) is 43.0 Å². The van der Waals surface area contributed by atoms with E-state index in [-0.39, 0.29) is 6.17 Å². The molecule has 4 rings (SSSR count). The van der Waals surface area contributed by atoms with E-state index in [2.05, 4.69) is 9.62 Å². The fourth-order valence-electron chi connectivity index (χ4n) is 2.87. The third-order valence-corrected chi connectivity index (χ3v) is 5.54. The standard InChI is InChI=1S/C13H19N3O2S/c14-8-11-5-6-16-9-10-1-3-12(4-2-10)19(17,18)15-13(16)7-11/h1-4,11,13,15H,5-9,14H2. The van der Waals surface area contributed by atoms with Gasteiger partial charge in [-0.25, -0.2) is 8.42 Å². The van der Waals surface area contributed by atoms with Crippen LogP contribution in [-0.2, 0) is 16.6 Å². The molecule has 6 heteroatoms. The lowest BCUT2D eigenvalue weighted by Gasteiger charge is -2.38. The van der Waals surface area contributed by atoms with Gasteiger partial charge in [0.25, 0.3) is 0 Å². The molecule has 104 valence electrons. The van der Waals surface area contributed by atoms with Gasteiger partial charge in [0.15, 0.2) is 0 Å². The summed E-state index contributed by atoms with van der Waals surface area (Å²) in [5, 5.41) is 0. The Morgan fingerprint density at radius 3 is 2.74 bits per heavy atom. The van der Waals surface area contributed by atoms with E-state index in [1.54, 1.807) is 12.1 Å². The Bertz CT molecular complexity index is 556. The SMILES string of the molecule is NCC1CCN2Cc3ccc(cc3)S(=O)(=O)NC2C1. The number of hydrogen-bond donors (Lipinski definition) is 2. The molecule has 0 saturated carbocycles. The quantitative estimate of drug-likeness (QED) is 0.785. The highest BCUT2D eigenvalue weighted by Crippen LogP contribution is 2.26. The number of hydrogen-bond acceptors (Lipinski definition) is 4. The van der Waals surface area contributed by atoms with Crippen LogP contribution < -0.4 is 10.5 Å². The zero-order chi connectivity index (χ0) is 13.5. The number of nitrogens with two attached hydrogens (primary N) is 1. The Balaban J connectivity index is 1.95. The number of piperidine rings is 1. The van der Waals surface area contributed by atoms with Gasteiger partial charge in [0.2, 0.25) is 10.0 Å². The first-order valence-electron chi connectivity index (χ1n) is 6.64. The van der Waals surface area contributed by atoms with Crippen LogP contribution in [-0.4, -0.2) is 32.6 Å². The first-order chi connectivity index (χ1) is 9.08. The van der Waals surface area contributed by atoms with Gasteiger partial charge in [0.05, 0.1) is 11.1 Å². The maximum Gasteiger partial charge on any atom is 0.241 e. The van der Waals surface area contributed by atoms with Crippen molar-refractivity contribution in [3.05, 3.63) is 29.8 Å². The fourth-order valence-corrected chi connectivity index (χ4v) is 4.10. The van der Waals surface area contributed by atoms with Crippen molar-refractivity contribution in [2.75, 3.05) is 13.1 Å². The van der Waals surface area contributed by atoms with Gasteiger partial charge in [-0.15, -0.1) is 0 Å². The van der Waals surface area contributed by atoms with Gasteiger partial charge >= 0.3 is 0 Å². The smallest absolute Gasteiger partial charge is 0.241 e. The van der Waals surface area contributed by atoms with Crippen LogP contribution in [0.1, 0.15) is 18.4 Å². The summed E-state index contributed by atoms with van der Waals surface area (Å²) >= 11 is 0. The topological polar surface area (TPSA) is 75.4 Å². The number of fused-ring (bicyclic) bond motifs is 3. The largest absolute Gasteiger partial charge is 0.330 e. The van der Waals surface area contributed by atoms with Crippen molar-refractivity contribution in [2.24, 2.45) is 11.7 Å².